The predicted octanol–water partition coefficient (Wildman–Crippen LogP) is -0.122. The monoisotopic (exact) mass is 332 g/mol. The zero-order chi connectivity index (χ0) is 16.6. The molecule has 0 aliphatic heterocycles. The largest absolute Gasteiger partial charge is 0.465 e. The Morgan fingerprint density at radius 1 is 1.29 bits per heavy atom. The molecule has 8 nitrogen and oxygen atoms in total. The molecule has 0 bridgehead atoms. The van der Waals surface area contributed by atoms with E-state index in [0.717, 1.165) is 0 Å². The summed E-state index contributed by atoms with van der Waals surface area (Å²) in [6, 6.07) is 0. The Labute approximate surface area is 134 Å². The lowest BCUT2D eigenvalue weighted by molar-refractivity contribution is -0.145. The van der Waals surface area contributed by atoms with Crippen molar-refractivity contribution in [2.24, 2.45) is 27.6 Å². The highest BCUT2D eigenvalue weighted by molar-refractivity contribution is 7.80. The molecule has 0 radical (unpaired) electrons. The van der Waals surface area contributed by atoms with E-state index in [4.69, 9.17) is 40.6 Å². The highest BCUT2D eigenvalue weighted by Gasteiger charge is 2.20. The van der Waals surface area contributed by atoms with E-state index >= 15 is 0 Å². The van der Waals surface area contributed by atoms with Gasteiger partial charge in [0.25, 0.3) is 0 Å². The molecule has 0 saturated carbocycles. The minimum atomic E-state index is -0.648. The highest BCUT2D eigenvalue weighted by Crippen LogP contribution is 2.03. The average Bonchev–Trinajstić information content (AvgIpc) is 2.41. The Balaban J connectivity index is 5.33. The third-order valence-corrected chi connectivity index (χ3v) is 2.88. The van der Waals surface area contributed by atoms with Crippen LogP contribution >= 0.6 is 24.4 Å². The van der Waals surface area contributed by atoms with Crippen LogP contribution in [-0.2, 0) is 9.53 Å². The van der Waals surface area contributed by atoms with E-state index in [1.165, 1.54) is 16.2 Å². The Hall–Kier alpha value is -1.81. The molecular weight excluding hydrogens is 312 g/mol. The molecule has 1 atom stereocenters. The maximum Gasteiger partial charge on any atom is 0.314 e. The van der Waals surface area contributed by atoms with E-state index in [2.05, 4.69) is 10.2 Å². The van der Waals surface area contributed by atoms with Crippen LogP contribution in [-0.4, -0.2) is 58.8 Å². The van der Waals surface area contributed by atoms with E-state index < -0.39 is 11.9 Å². The molecule has 0 rings (SSSR count). The van der Waals surface area contributed by atoms with Crippen molar-refractivity contribution in [1.29, 1.82) is 0 Å². The fourth-order valence-corrected chi connectivity index (χ4v) is 1.13. The van der Waals surface area contributed by atoms with Gasteiger partial charge in [-0.15, -0.1) is 0 Å². The molecule has 0 saturated heterocycles. The number of nitrogens with two attached hydrogens (primary N) is 2. The number of hydrazone groups is 2. The van der Waals surface area contributed by atoms with E-state index in [9.17, 15) is 4.79 Å². The summed E-state index contributed by atoms with van der Waals surface area (Å²) in [5, 5.41) is 10.8. The summed E-state index contributed by atoms with van der Waals surface area (Å²) >= 11 is 9.57. The summed E-state index contributed by atoms with van der Waals surface area (Å²) in [5.41, 5.74) is 11.2. The van der Waals surface area contributed by atoms with Crippen LogP contribution in [0.25, 0.3) is 0 Å². The number of hydrogen-bond acceptors (Lipinski definition) is 6. The zero-order valence-electron chi connectivity index (χ0n) is 12.4. The molecule has 21 heavy (non-hydrogen) atoms. The minimum absolute atomic E-state index is 0.0552. The molecule has 1 unspecified atom stereocenters. The lowest BCUT2D eigenvalue weighted by Crippen LogP contribution is -2.33. The molecule has 10 heteroatoms. The van der Waals surface area contributed by atoms with Gasteiger partial charge >= 0.3 is 5.97 Å². The van der Waals surface area contributed by atoms with Gasteiger partial charge in [0.1, 0.15) is 0 Å². The van der Waals surface area contributed by atoms with Gasteiger partial charge in [0.15, 0.2) is 10.2 Å². The Bertz CT molecular complexity index is 466. The molecule has 0 aromatic carbocycles. The minimum Gasteiger partial charge on any atom is -0.465 e. The van der Waals surface area contributed by atoms with Crippen LogP contribution in [0.4, 0.5) is 0 Å². The van der Waals surface area contributed by atoms with Gasteiger partial charge in [-0.05, 0) is 38.3 Å². The topological polar surface area (TPSA) is 110 Å². The number of thiocarbonyl (C=S) groups is 2. The van der Waals surface area contributed by atoms with Crippen molar-refractivity contribution in [3.05, 3.63) is 0 Å². The maximum atomic E-state index is 11.8. The molecule has 4 N–H and O–H groups in total. The molecule has 0 heterocycles. The molecule has 0 amide bonds. The van der Waals surface area contributed by atoms with Crippen molar-refractivity contribution >= 4 is 52.6 Å². The number of hydrogen-bond donors (Lipinski definition) is 2. The Kier molecular flexibility index (Phi) is 8.39. The number of carbonyl (C=O) groups is 1. The second kappa shape index (κ2) is 9.19. The molecule has 0 aromatic rings. The van der Waals surface area contributed by atoms with Gasteiger partial charge in [-0.1, -0.05) is 0 Å². The first kappa shape index (κ1) is 19.2. The van der Waals surface area contributed by atoms with Gasteiger partial charge < -0.3 is 16.2 Å². The zero-order valence-corrected chi connectivity index (χ0v) is 14.1. The summed E-state index contributed by atoms with van der Waals surface area (Å²) < 4.78 is 4.95. The summed E-state index contributed by atoms with van der Waals surface area (Å²) in [6.07, 6.45) is 1.36. The van der Waals surface area contributed by atoms with Crippen molar-refractivity contribution in [1.82, 2.24) is 10.0 Å². The second-order valence-electron chi connectivity index (χ2n) is 3.97. The van der Waals surface area contributed by atoms with Gasteiger partial charge in [-0.2, -0.15) is 10.2 Å². The number of carbonyl (C=O) groups excluding carboxylic acids is 1. The Morgan fingerprint density at radius 2 is 1.81 bits per heavy atom. The molecule has 0 aliphatic carbocycles. The molecule has 0 spiro atoms. The van der Waals surface area contributed by atoms with Crippen molar-refractivity contribution in [3.63, 3.8) is 0 Å². The lowest BCUT2D eigenvalue weighted by Gasteiger charge is -2.16. The molecular formula is C11H20N6O2S2. The van der Waals surface area contributed by atoms with Crippen LogP contribution < -0.4 is 11.5 Å². The van der Waals surface area contributed by atoms with Gasteiger partial charge in [0.2, 0.25) is 0 Å². The number of rotatable bonds is 6. The molecule has 0 aromatic heterocycles. The summed E-state index contributed by atoms with van der Waals surface area (Å²) in [4.78, 5) is 11.8. The second-order valence-corrected chi connectivity index (χ2v) is 4.80. The molecule has 0 fully saturated rings. The standard InChI is InChI=1S/C11H20N6O2S2/c1-5-19-9(18)7(2)8(15-17(4)11(13)21)6-14-16(3)10(12)20/h6-7H,5H2,1-4H3,(H2,12,20)(H2,13,21). The fraction of sp³-hybridized carbons (Fsp3) is 0.545. The van der Waals surface area contributed by atoms with Crippen molar-refractivity contribution in [2.75, 3.05) is 20.7 Å². The summed E-state index contributed by atoms with van der Waals surface area (Å²) in [7, 11) is 3.13. The average molecular weight is 332 g/mol. The smallest absolute Gasteiger partial charge is 0.314 e. The van der Waals surface area contributed by atoms with E-state index in [1.807, 2.05) is 0 Å². The third kappa shape index (κ3) is 6.95. The van der Waals surface area contributed by atoms with Gasteiger partial charge in [0.05, 0.1) is 24.5 Å². The number of nitrogens with zero attached hydrogens (tertiary/aromatic N) is 4. The summed E-state index contributed by atoms with van der Waals surface area (Å²) in [6.45, 7) is 3.62. The van der Waals surface area contributed by atoms with E-state index in [-0.39, 0.29) is 16.8 Å². The van der Waals surface area contributed by atoms with E-state index in [1.54, 1.807) is 27.9 Å². The van der Waals surface area contributed by atoms with Crippen LogP contribution in [0.5, 0.6) is 0 Å². The van der Waals surface area contributed by atoms with Crippen LogP contribution in [0, 0.1) is 5.92 Å². The number of esters is 1. The van der Waals surface area contributed by atoms with Gasteiger partial charge in [-0.3, -0.25) is 4.79 Å². The van der Waals surface area contributed by atoms with Gasteiger partial charge in [-0.25, -0.2) is 10.0 Å². The van der Waals surface area contributed by atoms with Crippen LogP contribution in [0.2, 0.25) is 0 Å². The van der Waals surface area contributed by atoms with Crippen LogP contribution in [0.1, 0.15) is 13.8 Å². The molecule has 118 valence electrons. The van der Waals surface area contributed by atoms with Crippen LogP contribution in [0.3, 0.4) is 0 Å². The first-order chi connectivity index (χ1) is 9.70. The molecule has 0 aliphatic rings. The third-order valence-electron chi connectivity index (χ3n) is 2.35. The lowest BCUT2D eigenvalue weighted by atomic mass is 10.1. The fourth-order valence-electron chi connectivity index (χ4n) is 1.04. The predicted molar refractivity (Wildman–Crippen MR) is 90.8 cm³/mol. The van der Waals surface area contributed by atoms with Crippen molar-refractivity contribution in [3.8, 4) is 0 Å². The van der Waals surface area contributed by atoms with E-state index in [0.29, 0.717) is 5.71 Å². The maximum absolute atomic E-state index is 11.8. The van der Waals surface area contributed by atoms with Crippen molar-refractivity contribution < 1.29 is 9.53 Å². The number of ether oxygens (including phenoxy) is 1. The van der Waals surface area contributed by atoms with Crippen LogP contribution in [0.15, 0.2) is 10.2 Å². The first-order valence-corrected chi connectivity index (χ1v) is 6.87. The quantitative estimate of drug-likeness (QED) is 0.300. The van der Waals surface area contributed by atoms with Gasteiger partial charge in [0, 0.05) is 14.1 Å². The SMILES string of the molecule is CCOC(=O)C(C)C(C=NN(C)C(N)=S)=NN(C)C(N)=S. The van der Waals surface area contributed by atoms with Crippen molar-refractivity contribution in [2.45, 2.75) is 13.8 Å². The normalized spacial score (nSPS) is 12.9. The first-order valence-electron chi connectivity index (χ1n) is 6.06. The highest BCUT2D eigenvalue weighted by atomic mass is 32.1. The summed E-state index contributed by atoms with van der Waals surface area (Å²) in [5.74, 6) is -1.08. The Morgan fingerprint density at radius 3 is 2.24 bits per heavy atom.